The Labute approximate surface area is 35.8 Å². The van der Waals surface area contributed by atoms with Crippen LogP contribution in [0.5, 0.6) is 0 Å². The maximum atomic E-state index is 9.61. The quantitative estimate of drug-likeness (QED) is 0.439. The number of rotatable bonds is 2. The zero-order chi connectivity index (χ0) is 4.99. The van der Waals surface area contributed by atoms with Gasteiger partial charge in [-0.3, -0.25) is 4.79 Å². The molecule has 0 aromatic rings. The third-order valence-corrected chi connectivity index (χ3v) is 0.292. The molecule has 0 aliphatic heterocycles. The van der Waals surface area contributed by atoms with Crippen LogP contribution in [0, 0.1) is 6.42 Å². The van der Waals surface area contributed by atoms with Gasteiger partial charge in [-0.15, -0.1) is 0 Å². The molecule has 0 rings (SSSR count). The van der Waals surface area contributed by atoms with Gasteiger partial charge in [-0.05, 0) is 0 Å². The Kier molecular flexibility index (Phi) is 2.40. The molecule has 0 bridgehead atoms. The van der Waals surface area contributed by atoms with Gasteiger partial charge in [0.25, 0.3) is 0 Å². The predicted molar refractivity (Wildman–Crippen MR) is 20.6 cm³/mol. The molecule has 3 nitrogen and oxygen atoms in total. The Bertz CT molecular complexity index is 52.8. The first-order valence-electron chi connectivity index (χ1n) is 1.51. The summed E-state index contributed by atoms with van der Waals surface area (Å²) in [6.07, 6.45) is 0.986. The average Bonchev–Trinajstić information content (AvgIpc) is 1.35. The Morgan fingerprint density at radius 3 is 2.50 bits per heavy atom. The number of carbonyl (C=O) groups is 1. The molecule has 0 saturated carbocycles. The fourth-order valence-corrected chi connectivity index (χ4v) is 0.0900. The van der Waals surface area contributed by atoms with Gasteiger partial charge in [0.2, 0.25) is 5.91 Å². The minimum Gasteiger partial charge on any atom is -0.396 e. The average molecular weight is 88.1 g/mol. The summed E-state index contributed by atoms with van der Waals surface area (Å²) in [5.74, 6) is -0.586. The van der Waals surface area contributed by atoms with Gasteiger partial charge < -0.3 is 10.8 Å². The van der Waals surface area contributed by atoms with E-state index in [1.54, 1.807) is 0 Å². The van der Waals surface area contributed by atoms with E-state index in [2.05, 4.69) is 5.73 Å². The molecule has 0 aliphatic carbocycles. The Balaban J connectivity index is 2.83. The number of aliphatic hydroxyl groups excluding tert-OH is 1. The van der Waals surface area contributed by atoms with Gasteiger partial charge in [-0.25, -0.2) is 0 Å². The summed E-state index contributed by atoms with van der Waals surface area (Å²) in [6, 6.07) is 0. The highest BCUT2D eigenvalue weighted by atomic mass is 16.3. The van der Waals surface area contributed by atoms with Crippen LogP contribution < -0.4 is 5.73 Å². The molecule has 0 saturated heterocycles. The lowest BCUT2D eigenvalue weighted by molar-refractivity contribution is -0.115. The Morgan fingerprint density at radius 2 is 2.50 bits per heavy atom. The third kappa shape index (κ3) is 3.43. The van der Waals surface area contributed by atoms with Gasteiger partial charge in [0.1, 0.15) is 0 Å². The second-order valence-corrected chi connectivity index (χ2v) is 0.789. The van der Waals surface area contributed by atoms with Gasteiger partial charge in [0, 0.05) is 0 Å². The summed E-state index contributed by atoms with van der Waals surface area (Å²) in [4.78, 5) is 9.61. The lowest BCUT2D eigenvalue weighted by Gasteiger charge is -1.80. The molecule has 1 radical (unpaired) electrons. The molecule has 0 aromatic carbocycles. The maximum absolute atomic E-state index is 9.61. The molecular weight excluding hydrogens is 82.0 g/mol. The number of hydrogen-bond acceptors (Lipinski definition) is 2. The number of aliphatic hydroxyl groups is 1. The van der Waals surface area contributed by atoms with Crippen LogP contribution in [0.2, 0.25) is 0 Å². The van der Waals surface area contributed by atoms with E-state index in [0.29, 0.717) is 0 Å². The van der Waals surface area contributed by atoms with Gasteiger partial charge in [-0.2, -0.15) is 0 Å². The van der Waals surface area contributed by atoms with Crippen molar-refractivity contribution in [3.8, 4) is 0 Å². The zero-order valence-electron chi connectivity index (χ0n) is 3.22. The van der Waals surface area contributed by atoms with Gasteiger partial charge in [0.15, 0.2) is 0 Å². The molecular formula is C3H6NO2. The normalized spacial score (nSPS) is 8.17. The van der Waals surface area contributed by atoms with E-state index in [1.165, 1.54) is 0 Å². The van der Waals surface area contributed by atoms with E-state index >= 15 is 0 Å². The predicted octanol–water partition coefficient (Wildman–Crippen LogP) is -1.33. The van der Waals surface area contributed by atoms with Crippen LogP contribution in [-0.2, 0) is 4.79 Å². The number of carbonyl (C=O) groups excluding carboxylic acids is 1. The van der Waals surface area contributed by atoms with Crippen molar-refractivity contribution in [3.63, 3.8) is 0 Å². The van der Waals surface area contributed by atoms with Crippen LogP contribution >= 0.6 is 0 Å². The van der Waals surface area contributed by atoms with Crippen molar-refractivity contribution in [2.45, 2.75) is 0 Å². The second kappa shape index (κ2) is 2.66. The van der Waals surface area contributed by atoms with Crippen LogP contribution in [0.4, 0.5) is 0 Å². The van der Waals surface area contributed by atoms with Crippen molar-refractivity contribution in [2.75, 3.05) is 6.61 Å². The third-order valence-electron chi connectivity index (χ3n) is 0.292. The van der Waals surface area contributed by atoms with Crippen LogP contribution in [0.1, 0.15) is 0 Å². The SMILES string of the molecule is NC(=O)[CH]CO. The maximum Gasteiger partial charge on any atom is 0.223 e. The summed E-state index contributed by atoms with van der Waals surface area (Å²) >= 11 is 0. The molecule has 0 fully saturated rings. The molecule has 0 spiro atoms. The summed E-state index contributed by atoms with van der Waals surface area (Å²) in [5.41, 5.74) is 4.55. The standard InChI is InChI=1S/C3H6NO2/c4-3(6)1-2-5/h1,5H,2H2,(H2,4,6). The minimum atomic E-state index is -0.586. The van der Waals surface area contributed by atoms with Crippen LogP contribution in [0.3, 0.4) is 0 Å². The highest BCUT2D eigenvalue weighted by molar-refractivity contribution is 5.82. The van der Waals surface area contributed by atoms with E-state index < -0.39 is 5.91 Å². The second-order valence-electron chi connectivity index (χ2n) is 0.789. The van der Waals surface area contributed by atoms with E-state index in [4.69, 9.17) is 5.11 Å². The molecule has 3 N–H and O–H groups in total. The van der Waals surface area contributed by atoms with Crippen LogP contribution in [0.25, 0.3) is 0 Å². The van der Waals surface area contributed by atoms with Gasteiger partial charge in [-0.1, -0.05) is 0 Å². The lowest BCUT2D eigenvalue weighted by Crippen LogP contribution is -2.12. The molecule has 6 heavy (non-hydrogen) atoms. The fourth-order valence-electron chi connectivity index (χ4n) is 0.0900. The first kappa shape index (κ1) is 5.43. The Hall–Kier alpha value is -0.570. The Morgan fingerprint density at radius 1 is 2.00 bits per heavy atom. The summed E-state index contributed by atoms with van der Waals surface area (Å²) in [7, 11) is 0. The molecule has 1 amide bonds. The van der Waals surface area contributed by atoms with E-state index in [0.717, 1.165) is 6.42 Å². The van der Waals surface area contributed by atoms with Crippen molar-refractivity contribution in [1.29, 1.82) is 0 Å². The number of hydrogen-bond donors (Lipinski definition) is 2. The highest BCUT2D eigenvalue weighted by Crippen LogP contribution is 1.64. The van der Waals surface area contributed by atoms with E-state index in [-0.39, 0.29) is 6.61 Å². The van der Waals surface area contributed by atoms with E-state index in [9.17, 15) is 4.79 Å². The van der Waals surface area contributed by atoms with Crippen molar-refractivity contribution >= 4 is 5.91 Å². The fraction of sp³-hybridized carbons (Fsp3) is 0.333. The number of amides is 1. The molecule has 0 unspecified atom stereocenters. The summed E-state index contributed by atoms with van der Waals surface area (Å²) < 4.78 is 0. The van der Waals surface area contributed by atoms with Gasteiger partial charge in [0.05, 0.1) is 13.0 Å². The minimum absolute atomic E-state index is 0.269. The topological polar surface area (TPSA) is 63.3 Å². The van der Waals surface area contributed by atoms with Crippen molar-refractivity contribution in [3.05, 3.63) is 6.42 Å². The first-order chi connectivity index (χ1) is 2.77. The summed E-state index contributed by atoms with van der Waals surface area (Å²) in [5, 5.41) is 7.88. The first-order valence-corrected chi connectivity index (χ1v) is 1.51. The molecule has 0 aliphatic rings. The smallest absolute Gasteiger partial charge is 0.223 e. The van der Waals surface area contributed by atoms with Crippen molar-refractivity contribution in [2.24, 2.45) is 5.73 Å². The molecule has 35 valence electrons. The van der Waals surface area contributed by atoms with Crippen LogP contribution in [0.15, 0.2) is 0 Å². The molecule has 0 aromatic heterocycles. The largest absolute Gasteiger partial charge is 0.396 e. The lowest BCUT2D eigenvalue weighted by atomic mass is 10.4. The van der Waals surface area contributed by atoms with Crippen molar-refractivity contribution < 1.29 is 9.90 Å². The molecule has 0 atom stereocenters. The zero-order valence-corrected chi connectivity index (χ0v) is 3.22. The van der Waals surface area contributed by atoms with Crippen LogP contribution in [-0.4, -0.2) is 17.6 Å². The van der Waals surface area contributed by atoms with Crippen molar-refractivity contribution in [1.82, 2.24) is 0 Å². The van der Waals surface area contributed by atoms with Gasteiger partial charge >= 0.3 is 0 Å². The molecule has 3 heteroatoms. The highest BCUT2D eigenvalue weighted by Gasteiger charge is 1.86. The van der Waals surface area contributed by atoms with E-state index in [1.807, 2.05) is 0 Å². The summed E-state index contributed by atoms with van der Waals surface area (Å²) in [6.45, 7) is -0.269. The monoisotopic (exact) mass is 88.0 g/mol. The number of nitrogens with two attached hydrogens (primary N) is 1. The number of primary amides is 1. The molecule has 0 heterocycles.